The molecule has 0 aliphatic heterocycles. The number of nitrogens with one attached hydrogen (secondary N) is 3. The zero-order chi connectivity index (χ0) is 27.1. The molecule has 12 heteroatoms. The van der Waals surface area contributed by atoms with Gasteiger partial charge in [0.15, 0.2) is 11.5 Å². The molecule has 2 aromatic heterocycles. The summed E-state index contributed by atoms with van der Waals surface area (Å²) in [6.45, 7) is 3.12. The topological polar surface area (TPSA) is 160 Å². The van der Waals surface area contributed by atoms with Crippen LogP contribution in [0.15, 0.2) is 41.3 Å². The van der Waals surface area contributed by atoms with Gasteiger partial charge >= 0.3 is 0 Å². The Morgan fingerprint density at radius 3 is 2.34 bits per heavy atom. The van der Waals surface area contributed by atoms with Gasteiger partial charge in [-0.3, -0.25) is 20.0 Å². The molecule has 2 aromatic carbocycles. The van der Waals surface area contributed by atoms with Crippen LogP contribution in [0.2, 0.25) is 0 Å². The van der Waals surface area contributed by atoms with E-state index in [0.29, 0.717) is 59.2 Å². The number of aromatic nitrogens is 4. The van der Waals surface area contributed by atoms with Gasteiger partial charge in [0.05, 0.1) is 30.8 Å². The minimum atomic E-state index is -0.415. The summed E-state index contributed by atoms with van der Waals surface area (Å²) < 4.78 is 25.6. The van der Waals surface area contributed by atoms with Gasteiger partial charge in [-0.1, -0.05) is 12.1 Å². The third kappa shape index (κ3) is 6.28. The molecule has 4 rings (SSSR count). The summed E-state index contributed by atoms with van der Waals surface area (Å²) >= 11 is 0. The van der Waals surface area contributed by atoms with Gasteiger partial charge in [0.25, 0.3) is 5.56 Å². The number of H-pyrrole nitrogens is 2. The summed E-state index contributed by atoms with van der Waals surface area (Å²) in [5, 5.41) is 2.95. The number of fused-ring (bicyclic) bond motifs is 1. The van der Waals surface area contributed by atoms with E-state index < -0.39 is 5.56 Å². The van der Waals surface area contributed by atoms with Crippen LogP contribution in [0.3, 0.4) is 0 Å². The lowest BCUT2D eigenvalue weighted by molar-refractivity contribution is 0.258. The molecule has 0 aliphatic carbocycles. The highest BCUT2D eigenvalue weighted by Gasteiger charge is 2.14. The van der Waals surface area contributed by atoms with E-state index in [1.54, 1.807) is 38.5 Å². The maximum atomic E-state index is 15.0. The Labute approximate surface area is 219 Å². The van der Waals surface area contributed by atoms with Gasteiger partial charge < -0.3 is 25.9 Å². The van der Waals surface area contributed by atoms with Gasteiger partial charge in [-0.15, -0.1) is 0 Å². The number of hydrogen-bond acceptors (Lipinski definition) is 9. The van der Waals surface area contributed by atoms with Gasteiger partial charge in [-0.25, -0.2) is 14.4 Å². The third-order valence-corrected chi connectivity index (χ3v) is 6.14. The molecular formula is C26H33FN8O3. The SMILES string of the molecule is COc1cc2nc(Nc3ncc(-c4ccc(CN(CCCN)CCCN)c(F)c4)c(=O)[nH]3)[nH]c2cc1OC. The van der Waals surface area contributed by atoms with Crippen molar-refractivity contribution in [2.75, 3.05) is 45.7 Å². The highest BCUT2D eigenvalue weighted by atomic mass is 19.1. The van der Waals surface area contributed by atoms with Crippen LogP contribution in [0.25, 0.3) is 22.2 Å². The van der Waals surface area contributed by atoms with Crippen LogP contribution in [0.5, 0.6) is 11.5 Å². The van der Waals surface area contributed by atoms with Crippen molar-refractivity contribution in [3.05, 3.63) is 58.3 Å². The van der Waals surface area contributed by atoms with Gasteiger partial charge in [-0.05, 0) is 50.7 Å². The summed E-state index contributed by atoms with van der Waals surface area (Å²) in [5.41, 5.74) is 13.4. The predicted molar refractivity (Wildman–Crippen MR) is 145 cm³/mol. The molecule has 0 radical (unpaired) electrons. The minimum Gasteiger partial charge on any atom is -0.493 e. The summed E-state index contributed by atoms with van der Waals surface area (Å²) in [6, 6.07) is 8.29. The molecule has 0 saturated carbocycles. The number of anilines is 2. The molecule has 202 valence electrons. The fourth-order valence-corrected chi connectivity index (χ4v) is 4.16. The van der Waals surface area contributed by atoms with Crippen molar-refractivity contribution < 1.29 is 13.9 Å². The fraction of sp³-hybridized carbons (Fsp3) is 0.346. The molecule has 0 saturated heterocycles. The average Bonchev–Trinajstić information content (AvgIpc) is 3.31. The monoisotopic (exact) mass is 524 g/mol. The number of ether oxygens (including phenoxy) is 2. The summed E-state index contributed by atoms with van der Waals surface area (Å²) in [6.07, 6.45) is 3.05. The molecular weight excluding hydrogens is 491 g/mol. The van der Waals surface area contributed by atoms with E-state index in [1.807, 2.05) is 0 Å². The van der Waals surface area contributed by atoms with Crippen molar-refractivity contribution in [2.45, 2.75) is 19.4 Å². The molecule has 0 fully saturated rings. The van der Waals surface area contributed by atoms with Crippen LogP contribution in [-0.2, 0) is 6.54 Å². The molecule has 0 unspecified atom stereocenters. The number of rotatable bonds is 13. The van der Waals surface area contributed by atoms with E-state index in [-0.39, 0.29) is 17.3 Å². The largest absolute Gasteiger partial charge is 0.493 e. The Morgan fingerprint density at radius 1 is 1.00 bits per heavy atom. The van der Waals surface area contributed by atoms with E-state index in [0.717, 1.165) is 25.9 Å². The second kappa shape index (κ2) is 12.5. The molecule has 0 atom stereocenters. The van der Waals surface area contributed by atoms with Crippen molar-refractivity contribution in [3.63, 3.8) is 0 Å². The predicted octanol–water partition coefficient (Wildman–Crippen LogP) is 2.71. The van der Waals surface area contributed by atoms with Crippen molar-refractivity contribution in [3.8, 4) is 22.6 Å². The van der Waals surface area contributed by atoms with E-state index in [9.17, 15) is 9.18 Å². The second-order valence-corrected chi connectivity index (χ2v) is 8.78. The smallest absolute Gasteiger partial charge is 0.260 e. The molecule has 11 nitrogen and oxygen atoms in total. The van der Waals surface area contributed by atoms with E-state index in [1.165, 1.54) is 12.3 Å². The first-order valence-corrected chi connectivity index (χ1v) is 12.3. The van der Waals surface area contributed by atoms with Crippen LogP contribution < -0.4 is 31.8 Å². The Bertz CT molecular complexity index is 1390. The fourth-order valence-electron chi connectivity index (χ4n) is 4.16. The van der Waals surface area contributed by atoms with E-state index in [4.69, 9.17) is 20.9 Å². The number of benzene rings is 2. The number of nitrogens with zero attached hydrogens (tertiary/aromatic N) is 3. The van der Waals surface area contributed by atoms with Crippen LogP contribution >= 0.6 is 0 Å². The number of aromatic amines is 2. The quantitative estimate of drug-likeness (QED) is 0.177. The molecule has 7 N–H and O–H groups in total. The number of hydrogen-bond donors (Lipinski definition) is 5. The molecule has 4 aromatic rings. The van der Waals surface area contributed by atoms with Crippen molar-refractivity contribution in [1.82, 2.24) is 24.8 Å². The zero-order valence-corrected chi connectivity index (χ0v) is 21.5. The highest BCUT2D eigenvalue weighted by molar-refractivity contribution is 5.82. The van der Waals surface area contributed by atoms with E-state index in [2.05, 4.69) is 30.2 Å². The Morgan fingerprint density at radius 2 is 1.71 bits per heavy atom. The minimum absolute atomic E-state index is 0.185. The van der Waals surface area contributed by atoms with Crippen LogP contribution in [-0.4, -0.2) is 65.2 Å². The third-order valence-electron chi connectivity index (χ3n) is 6.14. The van der Waals surface area contributed by atoms with Gasteiger partial charge in [0, 0.05) is 30.4 Å². The molecule has 2 heterocycles. The van der Waals surface area contributed by atoms with Crippen molar-refractivity contribution >= 4 is 22.9 Å². The maximum Gasteiger partial charge on any atom is 0.260 e. The average molecular weight is 525 g/mol. The summed E-state index contributed by atoms with van der Waals surface area (Å²) in [4.78, 5) is 29.5. The van der Waals surface area contributed by atoms with Gasteiger partial charge in [-0.2, -0.15) is 0 Å². The van der Waals surface area contributed by atoms with Gasteiger partial charge in [0.1, 0.15) is 5.82 Å². The van der Waals surface area contributed by atoms with E-state index >= 15 is 0 Å². The Balaban J connectivity index is 1.50. The van der Waals surface area contributed by atoms with Gasteiger partial charge in [0.2, 0.25) is 11.9 Å². The normalized spacial score (nSPS) is 11.3. The van der Waals surface area contributed by atoms with Crippen LogP contribution in [0.1, 0.15) is 18.4 Å². The number of imidazole rings is 1. The first kappa shape index (κ1) is 27.0. The van der Waals surface area contributed by atoms with Crippen molar-refractivity contribution in [1.29, 1.82) is 0 Å². The summed E-state index contributed by atoms with van der Waals surface area (Å²) in [5.74, 6) is 1.27. The Hall–Kier alpha value is -4.00. The number of nitrogens with two attached hydrogens (primary N) is 2. The van der Waals surface area contributed by atoms with Crippen LogP contribution in [0.4, 0.5) is 16.3 Å². The lowest BCUT2D eigenvalue weighted by Gasteiger charge is -2.22. The highest BCUT2D eigenvalue weighted by Crippen LogP contribution is 2.32. The number of methoxy groups -OCH3 is 2. The summed E-state index contributed by atoms with van der Waals surface area (Å²) in [7, 11) is 3.10. The maximum absolute atomic E-state index is 15.0. The standard InChI is InChI=1S/C26H33FN8O3/c1-37-22-12-20-21(13-23(22)38-2)32-26(31-20)34-25-30-14-18(24(36)33-25)16-5-6-17(19(27)11-16)15-35(9-3-7-28)10-4-8-29/h5-6,11-14H,3-4,7-10,15,28-29H2,1-2H3,(H3,30,31,32,33,34,36). The molecule has 38 heavy (non-hydrogen) atoms. The molecule has 0 amide bonds. The Kier molecular flexibility index (Phi) is 8.89. The lowest BCUT2D eigenvalue weighted by atomic mass is 10.1. The molecule has 0 spiro atoms. The van der Waals surface area contributed by atoms with Crippen LogP contribution in [0, 0.1) is 5.82 Å². The molecule has 0 bridgehead atoms. The zero-order valence-electron chi connectivity index (χ0n) is 21.5. The first-order valence-electron chi connectivity index (χ1n) is 12.3. The van der Waals surface area contributed by atoms with Crippen molar-refractivity contribution in [2.24, 2.45) is 11.5 Å². The molecule has 0 aliphatic rings. The second-order valence-electron chi connectivity index (χ2n) is 8.78. The number of halogens is 1. The first-order chi connectivity index (χ1) is 18.4. The lowest BCUT2D eigenvalue weighted by Crippen LogP contribution is -2.28.